The van der Waals surface area contributed by atoms with Crippen molar-refractivity contribution in [2.45, 2.75) is 63.2 Å². The van der Waals surface area contributed by atoms with Crippen LogP contribution in [-0.4, -0.2) is 55.2 Å². The van der Waals surface area contributed by atoms with Crippen LogP contribution in [0.3, 0.4) is 0 Å². The predicted octanol–water partition coefficient (Wildman–Crippen LogP) is 5.73. The van der Waals surface area contributed by atoms with Crippen LogP contribution in [0.4, 0.5) is 0 Å². The first-order chi connectivity index (χ1) is 23.9. The number of ether oxygens (including phenoxy) is 3. The Balaban J connectivity index is 1.16. The Morgan fingerprint density at radius 3 is 2.43 bits per heavy atom. The van der Waals surface area contributed by atoms with Gasteiger partial charge in [-0.05, 0) is 63.4 Å². The van der Waals surface area contributed by atoms with Crippen molar-refractivity contribution in [3.8, 4) is 16.8 Å². The molecule has 12 heteroatoms. The van der Waals surface area contributed by atoms with Gasteiger partial charge in [0.15, 0.2) is 12.4 Å². The van der Waals surface area contributed by atoms with E-state index in [1.807, 2.05) is 103 Å². The molecule has 0 spiro atoms. The normalized spacial score (nSPS) is 18.1. The summed E-state index contributed by atoms with van der Waals surface area (Å²) in [6.45, 7) is 3.10. The van der Waals surface area contributed by atoms with E-state index in [9.17, 15) is 14.7 Å². The van der Waals surface area contributed by atoms with Gasteiger partial charge < -0.3 is 24.6 Å². The van der Waals surface area contributed by atoms with Gasteiger partial charge in [-0.3, -0.25) is 9.59 Å². The number of thioether (sulfide) groups is 1. The van der Waals surface area contributed by atoms with Crippen LogP contribution in [0.5, 0.6) is 0 Å². The van der Waals surface area contributed by atoms with E-state index < -0.39 is 18.4 Å². The number of para-hydroxylation sites is 1. The van der Waals surface area contributed by atoms with Crippen molar-refractivity contribution in [2.24, 2.45) is 0 Å². The molecule has 0 aliphatic carbocycles. The first-order valence-corrected chi connectivity index (χ1v) is 17.0. The Kier molecular flexibility index (Phi) is 11.1. The third-order valence-corrected chi connectivity index (χ3v) is 9.13. The molecular formula is C37H37N5O6S. The second kappa shape index (κ2) is 16.0. The first kappa shape index (κ1) is 34.0. The van der Waals surface area contributed by atoms with Crippen molar-refractivity contribution >= 4 is 23.6 Å². The van der Waals surface area contributed by atoms with Gasteiger partial charge in [-0.1, -0.05) is 96.7 Å². The molecule has 1 saturated heterocycles. The van der Waals surface area contributed by atoms with Gasteiger partial charge in [0.2, 0.25) is 5.16 Å². The molecule has 1 aromatic heterocycles. The molecule has 6 rings (SSSR count). The minimum atomic E-state index is -0.860. The largest absolute Gasteiger partial charge is 0.453 e. The van der Waals surface area contributed by atoms with E-state index in [1.165, 1.54) is 18.7 Å². The van der Waals surface area contributed by atoms with Crippen molar-refractivity contribution in [3.63, 3.8) is 0 Å². The van der Waals surface area contributed by atoms with Crippen LogP contribution in [-0.2, 0) is 37.0 Å². The second-order valence-corrected chi connectivity index (χ2v) is 12.6. The lowest BCUT2D eigenvalue weighted by atomic mass is 9.99. The van der Waals surface area contributed by atoms with Crippen molar-refractivity contribution in [2.75, 3.05) is 5.75 Å². The highest BCUT2D eigenvalue weighted by Crippen LogP contribution is 2.40. The van der Waals surface area contributed by atoms with Crippen molar-refractivity contribution in [3.05, 3.63) is 125 Å². The molecule has 5 aromatic rings. The van der Waals surface area contributed by atoms with E-state index in [0.717, 1.165) is 39.1 Å². The van der Waals surface area contributed by atoms with E-state index in [2.05, 4.69) is 20.8 Å². The first-order valence-electron chi connectivity index (χ1n) is 16.0. The average molecular weight is 680 g/mol. The van der Waals surface area contributed by atoms with Gasteiger partial charge in [-0.2, -0.15) is 4.68 Å². The van der Waals surface area contributed by atoms with Crippen molar-refractivity contribution in [1.82, 2.24) is 25.5 Å². The molecule has 2 heterocycles. The lowest BCUT2D eigenvalue weighted by Crippen LogP contribution is -2.35. The number of carbonyl (C=O) groups is 2. The Morgan fingerprint density at radius 2 is 1.69 bits per heavy atom. The summed E-state index contributed by atoms with van der Waals surface area (Å²) in [6, 6.07) is 33.5. The van der Waals surface area contributed by atoms with Crippen LogP contribution in [0.2, 0.25) is 0 Å². The molecule has 0 saturated carbocycles. The molecular weight excluding hydrogens is 643 g/mol. The second-order valence-electron chi connectivity index (χ2n) is 11.7. The van der Waals surface area contributed by atoms with E-state index >= 15 is 0 Å². The number of esters is 1. The molecule has 4 atom stereocenters. The van der Waals surface area contributed by atoms with E-state index in [4.69, 9.17) is 14.2 Å². The standard InChI is InChI=1S/C37H37N5O6S/c1-24(46-25(2)44)35(45)38-21-27-7-6-8-31(19-27)28-15-17-30(18-16-28)36-47-33(20-34(48-36)29-13-11-26(22-43)12-14-29)23-49-37-39-40-41-42(37)32-9-4-3-5-10-32/h3-19,24,33-34,36,43H,20-23H2,1-2H3,(H,38,45)/t24-,33+,34-,36-/m0/s1. The number of benzene rings is 4. The minimum Gasteiger partial charge on any atom is -0.453 e. The number of aliphatic hydroxyl groups is 1. The average Bonchev–Trinajstić information content (AvgIpc) is 3.62. The summed E-state index contributed by atoms with van der Waals surface area (Å²) in [7, 11) is 0. The molecule has 1 aliphatic rings. The van der Waals surface area contributed by atoms with Crippen LogP contribution in [0.25, 0.3) is 16.8 Å². The highest BCUT2D eigenvalue weighted by molar-refractivity contribution is 7.99. The van der Waals surface area contributed by atoms with Crippen LogP contribution in [0, 0.1) is 0 Å². The summed E-state index contributed by atoms with van der Waals surface area (Å²) in [5, 5.41) is 25.4. The highest BCUT2D eigenvalue weighted by atomic mass is 32.2. The lowest BCUT2D eigenvalue weighted by molar-refractivity contribution is -0.245. The molecule has 1 aliphatic heterocycles. The molecule has 0 unspecified atom stereocenters. The van der Waals surface area contributed by atoms with Crippen LogP contribution in [0.15, 0.2) is 108 Å². The zero-order valence-electron chi connectivity index (χ0n) is 27.1. The summed E-state index contributed by atoms with van der Waals surface area (Å²) in [4.78, 5) is 23.5. The molecule has 1 fully saturated rings. The molecule has 11 nitrogen and oxygen atoms in total. The third kappa shape index (κ3) is 8.78. The number of hydrogen-bond donors (Lipinski definition) is 2. The lowest BCUT2D eigenvalue weighted by Gasteiger charge is -2.36. The van der Waals surface area contributed by atoms with Gasteiger partial charge in [-0.15, -0.1) is 5.10 Å². The van der Waals surface area contributed by atoms with Gasteiger partial charge in [0.05, 0.1) is 24.5 Å². The molecule has 0 radical (unpaired) electrons. The minimum absolute atomic E-state index is 0.0217. The number of nitrogens with one attached hydrogen (secondary N) is 1. The number of amides is 1. The summed E-state index contributed by atoms with van der Waals surface area (Å²) in [6.07, 6.45) is -1.22. The number of carbonyl (C=O) groups excluding carboxylic acids is 2. The molecule has 2 N–H and O–H groups in total. The third-order valence-electron chi connectivity index (χ3n) is 8.08. The Morgan fingerprint density at radius 1 is 0.939 bits per heavy atom. The maximum Gasteiger partial charge on any atom is 0.303 e. The van der Waals surface area contributed by atoms with Crippen molar-refractivity contribution < 1.29 is 28.9 Å². The van der Waals surface area contributed by atoms with Crippen molar-refractivity contribution in [1.29, 1.82) is 0 Å². The van der Waals surface area contributed by atoms with E-state index in [1.54, 1.807) is 11.6 Å². The molecule has 252 valence electrons. The highest BCUT2D eigenvalue weighted by Gasteiger charge is 2.32. The van der Waals surface area contributed by atoms with Gasteiger partial charge in [0.25, 0.3) is 5.91 Å². The van der Waals surface area contributed by atoms with Gasteiger partial charge in [0, 0.05) is 31.2 Å². The topological polar surface area (TPSA) is 138 Å². The molecule has 49 heavy (non-hydrogen) atoms. The van der Waals surface area contributed by atoms with E-state index in [-0.39, 0.29) is 24.7 Å². The quantitative estimate of drug-likeness (QED) is 0.124. The number of rotatable bonds is 12. The Hall–Kier alpha value is -4.88. The monoisotopic (exact) mass is 679 g/mol. The summed E-state index contributed by atoms with van der Waals surface area (Å²) in [5.41, 5.74) is 6.51. The fourth-order valence-corrected chi connectivity index (χ4v) is 6.43. The van der Waals surface area contributed by atoms with Gasteiger partial charge in [0.1, 0.15) is 0 Å². The van der Waals surface area contributed by atoms with Crippen LogP contribution < -0.4 is 5.32 Å². The fraction of sp³-hybridized carbons (Fsp3) is 0.270. The number of hydrogen-bond acceptors (Lipinski definition) is 10. The number of nitrogens with zero attached hydrogens (tertiary/aromatic N) is 4. The number of aliphatic hydroxyl groups excluding tert-OH is 1. The summed E-state index contributed by atoms with van der Waals surface area (Å²) < 4.78 is 19.8. The number of aromatic nitrogens is 4. The molecule has 1 amide bonds. The number of tetrazole rings is 1. The van der Waals surface area contributed by atoms with E-state index in [0.29, 0.717) is 23.9 Å². The maximum atomic E-state index is 12.3. The van der Waals surface area contributed by atoms with Gasteiger partial charge in [-0.25, -0.2) is 0 Å². The fourth-order valence-electron chi connectivity index (χ4n) is 5.52. The molecule has 0 bridgehead atoms. The summed E-state index contributed by atoms with van der Waals surface area (Å²) in [5.74, 6) is -0.244. The van der Waals surface area contributed by atoms with Gasteiger partial charge >= 0.3 is 5.97 Å². The zero-order valence-corrected chi connectivity index (χ0v) is 28.0. The van der Waals surface area contributed by atoms with Crippen LogP contribution in [0.1, 0.15) is 54.9 Å². The smallest absolute Gasteiger partial charge is 0.303 e. The Labute approximate surface area is 288 Å². The maximum absolute atomic E-state index is 12.3. The summed E-state index contributed by atoms with van der Waals surface area (Å²) >= 11 is 1.53. The Bertz CT molecular complexity index is 1850. The molecule has 4 aromatic carbocycles. The predicted molar refractivity (Wildman–Crippen MR) is 183 cm³/mol. The van der Waals surface area contributed by atoms with Crippen LogP contribution >= 0.6 is 11.8 Å². The zero-order chi connectivity index (χ0) is 34.2. The SMILES string of the molecule is CC(=O)O[C@@H](C)C(=O)NCc1cccc(-c2ccc([C@H]3O[C@@H](CSc4nnnn4-c4ccccc4)C[C@@H](c4ccc(CO)cc4)O3)cc2)c1.